The molecule has 27 heavy (non-hydrogen) atoms. The lowest BCUT2D eigenvalue weighted by Crippen LogP contribution is -2.58. The molecular weight excluding hydrogens is 345 g/mol. The average Bonchev–Trinajstić information content (AvgIpc) is 2.71. The second-order valence-corrected chi connectivity index (χ2v) is 7.31. The number of nitrogens with zero attached hydrogens (tertiary/aromatic N) is 3. The monoisotopic (exact) mass is 371 g/mol. The van der Waals surface area contributed by atoms with Gasteiger partial charge in [-0.05, 0) is 43.5 Å². The van der Waals surface area contributed by atoms with Crippen LogP contribution in [-0.4, -0.2) is 59.4 Å². The van der Waals surface area contributed by atoms with E-state index in [0.29, 0.717) is 5.75 Å². The van der Waals surface area contributed by atoms with E-state index in [0.717, 1.165) is 51.3 Å². The first-order valence-electron chi connectivity index (χ1n) is 9.71. The fraction of sp³-hybridized carbons (Fsp3) is 0.476. The fourth-order valence-electron chi connectivity index (χ4n) is 4.18. The Bertz CT molecular complexity index is 737. The van der Waals surface area contributed by atoms with Crippen LogP contribution in [0.15, 0.2) is 48.7 Å². The van der Waals surface area contributed by atoms with Crippen LogP contribution in [0.2, 0.25) is 0 Å². The zero-order chi connectivity index (χ0) is 18.6. The number of aliphatic hydroxyl groups is 1. The van der Waals surface area contributed by atoms with Gasteiger partial charge in [0, 0.05) is 44.5 Å². The summed E-state index contributed by atoms with van der Waals surface area (Å²) in [6.07, 6.45) is 3.72. The average molecular weight is 371 g/mol. The van der Waals surface area contributed by atoms with Crippen LogP contribution < -0.4 is 9.64 Å². The zero-order valence-corrected chi connectivity index (χ0v) is 15.4. The van der Waals surface area contributed by atoms with Crippen LogP contribution >= 0.6 is 0 Å². The van der Waals surface area contributed by atoms with Crippen molar-refractivity contribution in [3.63, 3.8) is 0 Å². The lowest BCUT2D eigenvalue weighted by Gasteiger charge is -2.45. The number of pyridine rings is 1. The molecule has 2 aliphatic rings. The molecule has 1 aliphatic heterocycles. The maximum Gasteiger partial charge on any atom is 0.128 e. The predicted octanol–water partition coefficient (Wildman–Crippen LogP) is 2.70. The summed E-state index contributed by atoms with van der Waals surface area (Å²) in [5, 5.41) is 10.9. The summed E-state index contributed by atoms with van der Waals surface area (Å²) >= 11 is 0. The molecule has 1 aliphatic carbocycles. The molecule has 1 aromatic carbocycles. The van der Waals surface area contributed by atoms with Gasteiger partial charge < -0.3 is 14.7 Å². The summed E-state index contributed by atoms with van der Waals surface area (Å²) in [5.41, 5.74) is 0. The van der Waals surface area contributed by atoms with E-state index in [9.17, 15) is 9.50 Å². The van der Waals surface area contributed by atoms with Crippen LogP contribution in [0.1, 0.15) is 19.3 Å². The third kappa shape index (κ3) is 4.22. The Labute approximate surface area is 159 Å². The number of ether oxygens (including phenoxy) is 1. The molecule has 0 radical (unpaired) electrons. The van der Waals surface area contributed by atoms with Gasteiger partial charge in [0.2, 0.25) is 0 Å². The number of halogens is 1. The van der Waals surface area contributed by atoms with Crippen molar-refractivity contribution in [1.29, 1.82) is 0 Å². The highest BCUT2D eigenvalue weighted by molar-refractivity contribution is 5.38. The number of piperazine rings is 1. The first-order valence-corrected chi connectivity index (χ1v) is 9.71. The molecule has 0 spiro atoms. The molecule has 0 unspecified atom stereocenters. The molecule has 1 saturated heterocycles. The van der Waals surface area contributed by atoms with E-state index >= 15 is 0 Å². The molecule has 0 bridgehead atoms. The Balaban J connectivity index is 1.36. The molecule has 3 atom stereocenters. The van der Waals surface area contributed by atoms with Crippen molar-refractivity contribution in [2.45, 2.75) is 37.5 Å². The van der Waals surface area contributed by atoms with Gasteiger partial charge >= 0.3 is 0 Å². The molecule has 6 heteroatoms. The lowest BCUT2D eigenvalue weighted by molar-refractivity contribution is -0.0547. The number of hydrogen-bond donors (Lipinski definition) is 1. The van der Waals surface area contributed by atoms with Crippen LogP contribution in [-0.2, 0) is 0 Å². The second-order valence-electron chi connectivity index (χ2n) is 7.31. The highest BCUT2D eigenvalue weighted by Gasteiger charge is 2.38. The molecule has 2 fully saturated rings. The predicted molar refractivity (Wildman–Crippen MR) is 102 cm³/mol. The van der Waals surface area contributed by atoms with Gasteiger partial charge in [0.05, 0.1) is 0 Å². The van der Waals surface area contributed by atoms with Crippen LogP contribution in [0.3, 0.4) is 0 Å². The minimum atomic E-state index is -0.566. The topological polar surface area (TPSA) is 48.8 Å². The summed E-state index contributed by atoms with van der Waals surface area (Å²) in [6.45, 7) is 3.58. The third-order valence-corrected chi connectivity index (χ3v) is 5.60. The molecule has 1 N–H and O–H groups in total. The van der Waals surface area contributed by atoms with Gasteiger partial charge in [0.15, 0.2) is 0 Å². The van der Waals surface area contributed by atoms with Gasteiger partial charge in [-0.2, -0.15) is 0 Å². The van der Waals surface area contributed by atoms with E-state index in [-0.39, 0.29) is 18.0 Å². The van der Waals surface area contributed by atoms with E-state index < -0.39 is 6.10 Å². The van der Waals surface area contributed by atoms with Crippen LogP contribution in [0, 0.1) is 5.82 Å². The largest absolute Gasteiger partial charge is 0.488 e. The van der Waals surface area contributed by atoms with Crippen molar-refractivity contribution in [2.24, 2.45) is 0 Å². The highest BCUT2D eigenvalue weighted by atomic mass is 19.1. The maximum atomic E-state index is 13.4. The summed E-state index contributed by atoms with van der Waals surface area (Å²) in [4.78, 5) is 9.08. The summed E-state index contributed by atoms with van der Waals surface area (Å²) < 4.78 is 19.3. The molecule has 1 aromatic heterocycles. The number of aromatic nitrogens is 1. The SMILES string of the molecule is O[C@H]1[C@H](Oc2cccc(F)c2)CCC[C@@H]1N1CCN(c2ccccn2)CC1. The van der Waals surface area contributed by atoms with Gasteiger partial charge in [-0.15, -0.1) is 0 Å². The van der Waals surface area contributed by atoms with E-state index in [1.165, 1.54) is 12.1 Å². The van der Waals surface area contributed by atoms with Gasteiger partial charge in [0.25, 0.3) is 0 Å². The van der Waals surface area contributed by atoms with Crippen LogP contribution in [0.25, 0.3) is 0 Å². The molecule has 2 heterocycles. The van der Waals surface area contributed by atoms with E-state index in [2.05, 4.69) is 14.8 Å². The lowest BCUT2D eigenvalue weighted by atomic mass is 9.88. The second kappa shape index (κ2) is 8.23. The van der Waals surface area contributed by atoms with Crippen molar-refractivity contribution in [1.82, 2.24) is 9.88 Å². The van der Waals surface area contributed by atoms with Gasteiger partial charge in [0.1, 0.15) is 29.6 Å². The van der Waals surface area contributed by atoms with E-state index in [1.54, 1.807) is 12.1 Å². The minimum absolute atomic E-state index is 0.0863. The van der Waals surface area contributed by atoms with E-state index in [1.807, 2.05) is 24.4 Å². The number of benzene rings is 1. The van der Waals surface area contributed by atoms with Crippen LogP contribution in [0.4, 0.5) is 10.2 Å². The Morgan fingerprint density at radius 2 is 1.89 bits per heavy atom. The molecule has 0 amide bonds. The minimum Gasteiger partial charge on any atom is -0.488 e. The van der Waals surface area contributed by atoms with Gasteiger partial charge in [-0.25, -0.2) is 9.37 Å². The first kappa shape index (κ1) is 18.2. The van der Waals surface area contributed by atoms with Crippen molar-refractivity contribution in [3.05, 3.63) is 54.5 Å². The van der Waals surface area contributed by atoms with Crippen molar-refractivity contribution in [3.8, 4) is 5.75 Å². The van der Waals surface area contributed by atoms with Crippen LogP contribution in [0.5, 0.6) is 5.75 Å². The molecule has 1 saturated carbocycles. The summed E-state index contributed by atoms with van der Waals surface area (Å²) in [5.74, 6) is 1.17. The molecule has 5 nitrogen and oxygen atoms in total. The Morgan fingerprint density at radius 3 is 2.63 bits per heavy atom. The van der Waals surface area contributed by atoms with Crippen molar-refractivity contribution < 1.29 is 14.2 Å². The van der Waals surface area contributed by atoms with Crippen molar-refractivity contribution in [2.75, 3.05) is 31.1 Å². The standard InChI is InChI=1S/C21H26FN3O2/c22-16-5-3-6-17(15-16)27-19-8-4-7-18(21(19)26)24-11-13-25(14-12-24)20-9-1-2-10-23-20/h1-3,5-6,9-10,15,18-19,21,26H,4,7-8,11-14H2/t18-,19+,21+/m0/s1. The van der Waals surface area contributed by atoms with E-state index in [4.69, 9.17) is 4.74 Å². The molecule has 2 aromatic rings. The Hall–Kier alpha value is -2.18. The first-order chi connectivity index (χ1) is 13.2. The Kier molecular flexibility index (Phi) is 5.55. The number of anilines is 1. The van der Waals surface area contributed by atoms with Crippen molar-refractivity contribution >= 4 is 5.82 Å². The number of rotatable bonds is 4. The molecular formula is C21H26FN3O2. The quantitative estimate of drug-likeness (QED) is 0.896. The fourth-order valence-corrected chi connectivity index (χ4v) is 4.18. The third-order valence-electron chi connectivity index (χ3n) is 5.60. The smallest absolute Gasteiger partial charge is 0.128 e. The zero-order valence-electron chi connectivity index (χ0n) is 15.4. The molecule has 144 valence electrons. The number of aliphatic hydroxyl groups excluding tert-OH is 1. The summed E-state index contributed by atoms with van der Waals surface area (Å²) in [7, 11) is 0. The van der Waals surface area contributed by atoms with Gasteiger partial charge in [-0.3, -0.25) is 4.90 Å². The normalized spacial score (nSPS) is 26.7. The number of hydrogen-bond acceptors (Lipinski definition) is 5. The Morgan fingerprint density at radius 1 is 1.04 bits per heavy atom. The molecule has 4 rings (SSSR count). The summed E-state index contributed by atoms with van der Waals surface area (Å²) in [6, 6.07) is 12.2. The maximum absolute atomic E-state index is 13.4. The van der Waals surface area contributed by atoms with Gasteiger partial charge in [-0.1, -0.05) is 12.1 Å². The highest BCUT2D eigenvalue weighted by Crippen LogP contribution is 2.28.